The first-order valence-electron chi connectivity index (χ1n) is 10.6. The number of aromatic nitrogens is 1. The third-order valence-corrected chi connectivity index (χ3v) is 8.36. The van der Waals surface area contributed by atoms with Crippen molar-refractivity contribution in [3.05, 3.63) is 58.8 Å². The third-order valence-electron chi connectivity index (χ3n) is 6.23. The van der Waals surface area contributed by atoms with Crippen LogP contribution < -0.4 is 0 Å². The lowest BCUT2D eigenvalue weighted by molar-refractivity contribution is -0.0103. The molecule has 0 saturated carbocycles. The molecule has 5 rings (SSSR count). The van der Waals surface area contributed by atoms with Crippen LogP contribution in [0.4, 0.5) is 0 Å². The molecule has 0 radical (unpaired) electrons. The molecule has 1 saturated heterocycles. The van der Waals surface area contributed by atoms with Gasteiger partial charge < -0.3 is 9.32 Å². The van der Waals surface area contributed by atoms with Gasteiger partial charge in [0.2, 0.25) is 10.0 Å². The molecule has 1 amide bonds. The summed E-state index contributed by atoms with van der Waals surface area (Å²) in [5.41, 5.74) is 0.762. The number of amides is 1. The van der Waals surface area contributed by atoms with Crippen LogP contribution in [0.2, 0.25) is 5.02 Å². The molecule has 0 atom stereocenters. The fourth-order valence-corrected chi connectivity index (χ4v) is 5.80. The molecule has 3 aromatic rings. The van der Waals surface area contributed by atoms with Crippen LogP contribution >= 0.6 is 11.6 Å². The largest absolute Gasteiger partial charge is 0.436 e. The van der Waals surface area contributed by atoms with Gasteiger partial charge in [0.15, 0.2) is 0 Å². The second-order valence-electron chi connectivity index (χ2n) is 8.37. The molecule has 0 bridgehead atoms. The highest BCUT2D eigenvalue weighted by Crippen LogP contribution is 2.26. The first kappa shape index (κ1) is 22.3. The molecule has 9 nitrogen and oxygen atoms in total. The molecule has 0 unspecified atom stereocenters. The molecule has 0 aliphatic carbocycles. The summed E-state index contributed by atoms with van der Waals surface area (Å²) in [6.45, 7) is 2.09. The number of carbonyl (C=O) groups excluding carboxylic acids is 1. The van der Waals surface area contributed by atoms with Crippen molar-refractivity contribution in [1.29, 1.82) is 0 Å². The Hall–Kier alpha value is -2.50. The number of sulfonamides is 1. The number of hydrogen-bond acceptors (Lipinski definition) is 7. The van der Waals surface area contributed by atoms with E-state index in [0.717, 1.165) is 16.5 Å². The maximum Gasteiger partial charge on any atom is 0.309 e. The smallest absolute Gasteiger partial charge is 0.309 e. The molecule has 1 aromatic heterocycles. The summed E-state index contributed by atoms with van der Waals surface area (Å²) < 4.78 is 33.5. The molecule has 11 heteroatoms. The van der Waals surface area contributed by atoms with Crippen molar-refractivity contribution >= 4 is 38.3 Å². The van der Waals surface area contributed by atoms with E-state index in [4.69, 9.17) is 16.0 Å². The molecule has 1 fully saturated rings. The topological polar surface area (TPSA) is 90.2 Å². The minimum Gasteiger partial charge on any atom is -0.436 e. The second kappa shape index (κ2) is 8.37. The van der Waals surface area contributed by atoms with Gasteiger partial charge in [-0.3, -0.25) is 4.79 Å². The Morgan fingerprint density at radius 1 is 0.970 bits per heavy atom. The van der Waals surface area contributed by atoms with Crippen LogP contribution in [0.15, 0.2) is 45.7 Å². The van der Waals surface area contributed by atoms with Gasteiger partial charge in [0.1, 0.15) is 5.76 Å². The highest BCUT2D eigenvalue weighted by atomic mass is 35.5. The molecule has 0 spiro atoms. The molecular formula is C22H24ClN5O4S. The molecule has 2 aliphatic rings. The normalized spacial score (nSPS) is 18.6. The van der Waals surface area contributed by atoms with Crippen LogP contribution in [0.5, 0.6) is 0 Å². The van der Waals surface area contributed by atoms with Crippen molar-refractivity contribution < 1.29 is 17.6 Å². The Morgan fingerprint density at radius 3 is 2.39 bits per heavy atom. The van der Waals surface area contributed by atoms with Crippen molar-refractivity contribution in [2.24, 2.45) is 0 Å². The van der Waals surface area contributed by atoms with E-state index in [0.29, 0.717) is 23.9 Å². The SMILES string of the molecule is CN1Cc2nc(C(=O)N3CCN(S(=O)(=O)c4ccc5cc(Cl)ccc5c4)CC3)oc2CN1C. The third kappa shape index (κ3) is 4.13. The van der Waals surface area contributed by atoms with Crippen LogP contribution in [0.3, 0.4) is 0 Å². The van der Waals surface area contributed by atoms with Crippen LogP contribution in [0.25, 0.3) is 10.8 Å². The Bertz CT molecular complexity index is 1310. The van der Waals surface area contributed by atoms with Crippen LogP contribution in [0.1, 0.15) is 22.1 Å². The molecule has 0 N–H and O–H groups in total. The Balaban J connectivity index is 1.28. The molecule has 33 heavy (non-hydrogen) atoms. The fourth-order valence-electron chi connectivity index (χ4n) is 4.16. The zero-order valence-electron chi connectivity index (χ0n) is 18.4. The van der Waals surface area contributed by atoms with Crippen molar-refractivity contribution in [1.82, 2.24) is 24.2 Å². The van der Waals surface area contributed by atoms with E-state index in [1.54, 1.807) is 41.3 Å². The van der Waals surface area contributed by atoms with Gasteiger partial charge in [-0.05, 0) is 35.0 Å². The number of halogens is 1. The van der Waals surface area contributed by atoms with Gasteiger partial charge in [0.25, 0.3) is 5.89 Å². The number of nitrogens with zero attached hydrogens (tertiary/aromatic N) is 5. The predicted molar refractivity (Wildman–Crippen MR) is 123 cm³/mol. The standard InChI is InChI=1S/C22H24ClN5O4S/c1-25-13-19-20(14-26(25)2)32-21(24-19)22(29)27-7-9-28(10-8-27)33(30,31)18-6-4-15-11-17(23)5-3-16(15)12-18/h3-6,11-12H,7-10,13-14H2,1-2H3. The summed E-state index contributed by atoms with van der Waals surface area (Å²) in [7, 11) is 0.210. The van der Waals surface area contributed by atoms with Gasteiger partial charge in [-0.25, -0.2) is 23.4 Å². The van der Waals surface area contributed by atoms with Gasteiger partial charge in [-0.1, -0.05) is 23.7 Å². The predicted octanol–water partition coefficient (Wildman–Crippen LogP) is 2.42. The number of piperazine rings is 1. The maximum absolute atomic E-state index is 13.2. The van der Waals surface area contributed by atoms with Gasteiger partial charge in [-0.15, -0.1) is 0 Å². The first-order chi connectivity index (χ1) is 15.7. The van der Waals surface area contributed by atoms with E-state index in [1.165, 1.54) is 4.31 Å². The molecule has 2 aromatic carbocycles. The van der Waals surface area contributed by atoms with Gasteiger partial charge in [0, 0.05) is 45.3 Å². The average Bonchev–Trinajstić information content (AvgIpc) is 3.21. The van der Waals surface area contributed by atoms with Crippen molar-refractivity contribution in [2.45, 2.75) is 18.0 Å². The molecule has 174 valence electrons. The monoisotopic (exact) mass is 489 g/mol. The zero-order chi connectivity index (χ0) is 23.3. The number of carbonyl (C=O) groups is 1. The molecular weight excluding hydrogens is 466 g/mol. The van der Waals surface area contributed by atoms with Crippen molar-refractivity contribution in [3.8, 4) is 0 Å². The number of hydrogen-bond donors (Lipinski definition) is 0. The van der Waals surface area contributed by atoms with E-state index >= 15 is 0 Å². The van der Waals surface area contributed by atoms with Gasteiger partial charge in [-0.2, -0.15) is 4.31 Å². The lowest BCUT2D eigenvalue weighted by Crippen LogP contribution is -2.50. The highest BCUT2D eigenvalue weighted by Gasteiger charge is 2.33. The van der Waals surface area contributed by atoms with Crippen LogP contribution in [-0.4, -0.2) is 78.8 Å². The first-order valence-corrected chi connectivity index (χ1v) is 12.4. The zero-order valence-corrected chi connectivity index (χ0v) is 19.9. The van der Waals surface area contributed by atoms with Gasteiger partial charge in [0.05, 0.1) is 23.7 Å². The quantitative estimate of drug-likeness (QED) is 0.558. The van der Waals surface area contributed by atoms with E-state index in [9.17, 15) is 13.2 Å². The number of oxazole rings is 1. The number of fused-ring (bicyclic) bond motifs is 2. The van der Waals surface area contributed by atoms with E-state index in [-0.39, 0.29) is 42.9 Å². The lowest BCUT2D eigenvalue weighted by atomic mass is 10.1. The van der Waals surface area contributed by atoms with E-state index < -0.39 is 10.0 Å². The van der Waals surface area contributed by atoms with Crippen molar-refractivity contribution in [2.75, 3.05) is 40.3 Å². The highest BCUT2D eigenvalue weighted by molar-refractivity contribution is 7.89. The Kier molecular flexibility index (Phi) is 5.66. The van der Waals surface area contributed by atoms with Crippen LogP contribution in [-0.2, 0) is 23.1 Å². The minimum absolute atomic E-state index is 0.0631. The second-order valence-corrected chi connectivity index (χ2v) is 10.7. The van der Waals surface area contributed by atoms with Crippen LogP contribution in [0, 0.1) is 0 Å². The Morgan fingerprint density at radius 2 is 1.64 bits per heavy atom. The number of hydrazine groups is 1. The average molecular weight is 490 g/mol. The van der Waals surface area contributed by atoms with Gasteiger partial charge >= 0.3 is 5.91 Å². The number of benzene rings is 2. The summed E-state index contributed by atoms with van der Waals surface area (Å²) in [5.74, 6) is 0.445. The Labute approximate surface area is 197 Å². The number of rotatable bonds is 3. The minimum atomic E-state index is -3.68. The van der Waals surface area contributed by atoms with E-state index in [1.807, 2.05) is 24.1 Å². The van der Waals surface area contributed by atoms with E-state index in [2.05, 4.69) is 4.98 Å². The lowest BCUT2D eigenvalue weighted by Gasteiger charge is -2.33. The summed E-state index contributed by atoms with van der Waals surface area (Å²) in [4.78, 5) is 19.2. The molecule has 3 heterocycles. The van der Waals surface area contributed by atoms with Crippen molar-refractivity contribution in [3.63, 3.8) is 0 Å². The summed E-state index contributed by atoms with van der Waals surface area (Å²) in [6, 6.07) is 10.3. The summed E-state index contributed by atoms with van der Waals surface area (Å²) >= 11 is 6.02. The summed E-state index contributed by atoms with van der Waals surface area (Å²) in [6.07, 6.45) is 0. The fraction of sp³-hybridized carbons (Fsp3) is 0.364. The summed E-state index contributed by atoms with van der Waals surface area (Å²) in [5, 5.41) is 6.28. The molecule has 2 aliphatic heterocycles. The maximum atomic E-state index is 13.2.